The van der Waals surface area contributed by atoms with Crippen molar-refractivity contribution in [2.45, 2.75) is 31.9 Å². The SMILES string of the molecule is CC(C(=O)NCC1CCCO1)n1cc(C(=O)O)cn1. The molecule has 7 nitrogen and oxygen atoms in total. The Balaban J connectivity index is 1.88. The molecular weight excluding hydrogens is 250 g/mol. The second-order valence-corrected chi connectivity index (χ2v) is 4.57. The van der Waals surface area contributed by atoms with E-state index in [2.05, 4.69) is 10.4 Å². The van der Waals surface area contributed by atoms with Gasteiger partial charge < -0.3 is 15.2 Å². The summed E-state index contributed by atoms with van der Waals surface area (Å²) in [5.74, 6) is -1.26. The molecule has 2 unspecified atom stereocenters. The quantitative estimate of drug-likeness (QED) is 0.807. The zero-order chi connectivity index (χ0) is 13.8. The first-order valence-corrected chi connectivity index (χ1v) is 6.24. The maximum absolute atomic E-state index is 11.9. The number of carbonyl (C=O) groups excluding carboxylic acids is 1. The van der Waals surface area contributed by atoms with Crippen LogP contribution < -0.4 is 5.32 Å². The van der Waals surface area contributed by atoms with Crippen molar-refractivity contribution >= 4 is 11.9 Å². The summed E-state index contributed by atoms with van der Waals surface area (Å²) in [6.07, 6.45) is 4.64. The first-order chi connectivity index (χ1) is 9.08. The van der Waals surface area contributed by atoms with Gasteiger partial charge in [0.25, 0.3) is 0 Å². The second-order valence-electron chi connectivity index (χ2n) is 4.57. The summed E-state index contributed by atoms with van der Waals surface area (Å²) in [6, 6.07) is -0.547. The highest BCUT2D eigenvalue weighted by Gasteiger charge is 2.20. The topological polar surface area (TPSA) is 93.5 Å². The van der Waals surface area contributed by atoms with Gasteiger partial charge in [-0.2, -0.15) is 5.10 Å². The van der Waals surface area contributed by atoms with Gasteiger partial charge in [0.1, 0.15) is 6.04 Å². The number of ether oxygens (including phenoxy) is 1. The van der Waals surface area contributed by atoms with Crippen molar-refractivity contribution in [1.29, 1.82) is 0 Å². The van der Waals surface area contributed by atoms with Crippen molar-refractivity contribution in [3.8, 4) is 0 Å². The average molecular weight is 267 g/mol. The minimum atomic E-state index is -1.06. The fraction of sp³-hybridized carbons (Fsp3) is 0.583. The molecule has 2 N–H and O–H groups in total. The third-order valence-electron chi connectivity index (χ3n) is 3.15. The molecule has 1 aromatic rings. The van der Waals surface area contributed by atoms with Crippen LogP contribution in [0.3, 0.4) is 0 Å². The van der Waals surface area contributed by atoms with E-state index in [9.17, 15) is 9.59 Å². The van der Waals surface area contributed by atoms with E-state index in [-0.39, 0.29) is 17.6 Å². The maximum Gasteiger partial charge on any atom is 0.338 e. The summed E-state index contributed by atoms with van der Waals surface area (Å²) in [5.41, 5.74) is 0.0683. The van der Waals surface area contributed by atoms with Gasteiger partial charge in [-0.05, 0) is 19.8 Å². The zero-order valence-electron chi connectivity index (χ0n) is 10.7. The lowest BCUT2D eigenvalue weighted by molar-refractivity contribution is -0.124. The summed E-state index contributed by atoms with van der Waals surface area (Å²) >= 11 is 0. The lowest BCUT2D eigenvalue weighted by Gasteiger charge is -2.15. The summed E-state index contributed by atoms with van der Waals surface area (Å²) in [7, 11) is 0. The number of nitrogens with one attached hydrogen (secondary N) is 1. The molecule has 2 rings (SSSR count). The fourth-order valence-electron chi connectivity index (χ4n) is 1.95. The first-order valence-electron chi connectivity index (χ1n) is 6.24. The minimum absolute atomic E-state index is 0.0683. The Morgan fingerprint density at radius 3 is 3.05 bits per heavy atom. The molecule has 2 atom stereocenters. The van der Waals surface area contributed by atoms with Crippen LogP contribution in [-0.2, 0) is 9.53 Å². The minimum Gasteiger partial charge on any atom is -0.478 e. The monoisotopic (exact) mass is 267 g/mol. The predicted octanol–water partition coefficient (Wildman–Crippen LogP) is 0.437. The molecule has 0 aliphatic carbocycles. The third kappa shape index (κ3) is 3.31. The molecule has 1 saturated heterocycles. The lowest BCUT2D eigenvalue weighted by atomic mass is 10.2. The Morgan fingerprint density at radius 2 is 2.47 bits per heavy atom. The van der Waals surface area contributed by atoms with Gasteiger partial charge in [-0.1, -0.05) is 0 Å². The molecule has 0 saturated carbocycles. The Hall–Kier alpha value is -1.89. The van der Waals surface area contributed by atoms with E-state index >= 15 is 0 Å². The van der Waals surface area contributed by atoms with E-state index in [1.807, 2.05) is 0 Å². The number of carbonyl (C=O) groups is 2. The van der Waals surface area contributed by atoms with Gasteiger partial charge >= 0.3 is 5.97 Å². The van der Waals surface area contributed by atoms with Gasteiger partial charge in [-0.3, -0.25) is 9.48 Å². The van der Waals surface area contributed by atoms with E-state index in [1.54, 1.807) is 6.92 Å². The molecule has 2 heterocycles. The van der Waals surface area contributed by atoms with E-state index in [0.29, 0.717) is 6.54 Å². The number of aromatic carboxylic acids is 1. The zero-order valence-corrected chi connectivity index (χ0v) is 10.7. The van der Waals surface area contributed by atoms with Crippen LogP contribution in [-0.4, -0.2) is 46.0 Å². The van der Waals surface area contributed by atoms with Gasteiger partial charge in [-0.25, -0.2) is 4.79 Å². The van der Waals surface area contributed by atoms with E-state index in [4.69, 9.17) is 9.84 Å². The van der Waals surface area contributed by atoms with Gasteiger partial charge in [-0.15, -0.1) is 0 Å². The number of aromatic nitrogens is 2. The molecule has 7 heteroatoms. The van der Waals surface area contributed by atoms with Crippen molar-refractivity contribution < 1.29 is 19.4 Å². The van der Waals surface area contributed by atoms with Crippen molar-refractivity contribution in [2.75, 3.05) is 13.2 Å². The van der Waals surface area contributed by atoms with Crippen LogP contribution in [0, 0.1) is 0 Å². The molecule has 1 aliphatic rings. The lowest BCUT2D eigenvalue weighted by Crippen LogP contribution is -2.36. The molecule has 19 heavy (non-hydrogen) atoms. The largest absolute Gasteiger partial charge is 0.478 e. The molecule has 0 radical (unpaired) electrons. The van der Waals surface area contributed by atoms with Crippen LogP contribution in [0.4, 0.5) is 0 Å². The van der Waals surface area contributed by atoms with Crippen LogP contribution >= 0.6 is 0 Å². The van der Waals surface area contributed by atoms with Crippen molar-refractivity contribution in [3.63, 3.8) is 0 Å². The molecule has 0 spiro atoms. The predicted molar refractivity (Wildman–Crippen MR) is 65.9 cm³/mol. The number of carboxylic acids is 1. The van der Waals surface area contributed by atoms with Crippen molar-refractivity contribution in [3.05, 3.63) is 18.0 Å². The molecule has 0 aromatic carbocycles. The van der Waals surface area contributed by atoms with Crippen molar-refractivity contribution in [2.24, 2.45) is 0 Å². The number of hydrogen-bond acceptors (Lipinski definition) is 4. The number of nitrogens with zero attached hydrogens (tertiary/aromatic N) is 2. The fourth-order valence-corrected chi connectivity index (χ4v) is 1.95. The summed E-state index contributed by atoms with van der Waals surface area (Å²) in [4.78, 5) is 22.6. The molecule has 104 valence electrons. The normalized spacial score (nSPS) is 20.2. The van der Waals surface area contributed by atoms with Crippen LogP contribution in [0.1, 0.15) is 36.2 Å². The summed E-state index contributed by atoms with van der Waals surface area (Å²) in [6.45, 7) is 2.90. The van der Waals surface area contributed by atoms with Gasteiger partial charge in [0.15, 0.2) is 0 Å². The third-order valence-corrected chi connectivity index (χ3v) is 3.15. The number of carboxylic acid groups (broad SMARTS) is 1. The highest BCUT2D eigenvalue weighted by atomic mass is 16.5. The highest BCUT2D eigenvalue weighted by molar-refractivity contribution is 5.87. The van der Waals surface area contributed by atoms with Crippen LogP contribution in [0.25, 0.3) is 0 Å². The second kappa shape index (κ2) is 5.83. The molecule has 1 aromatic heterocycles. The van der Waals surface area contributed by atoms with Gasteiger partial charge in [0, 0.05) is 19.3 Å². The summed E-state index contributed by atoms with van der Waals surface area (Å²) in [5, 5.41) is 15.5. The number of hydrogen-bond donors (Lipinski definition) is 2. The molecule has 1 amide bonds. The van der Waals surface area contributed by atoms with Crippen LogP contribution in [0.5, 0.6) is 0 Å². The number of rotatable bonds is 5. The van der Waals surface area contributed by atoms with Crippen LogP contribution in [0.2, 0.25) is 0 Å². The Labute approximate surface area is 110 Å². The molecule has 1 aliphatic heterocycles. The maximum atomic E-state index is 11.9. The van der Waals surface area contributed by atoms with Crippen LogP contribution in [0.15, 0.2) is 12.4 Å². The standard InChI is InChI=1S/C12H17N3O4/c1-8(15-7-9(5-14-15)12(17)18)11(16)13-6-10-3-2-4-19-10/h5,7-8,10H,2-4,6H2,1H3,(H,13,16)(H,17,18). The Morgan fingerprint density at radius 1 is 1.68 bits per heavy atom. The highest BCUT2D eigenvalue weighted by Crippen LogP contribution is 2.11. The first kappa shape index (κ1) is 13.5. The Bertz CT molecular complexity index is 465. The van der Waals surface area contributed by atoms with Crippen molar-refractivity contribution in [1.82, 2.24) is 15.1 Å². The van der Waals surface area contributed by atoms with E-state index < -0.39 is 12.0 Å². The average Bonchev–Trinajstić information content (AvgIpc) is 3.05. The molecule has 1 fully saturated rings. The Kier molecular flexibility index (Phi) is 4.16. The smallest absolute Gasteiger partial charge is 0.338 e. The number of amides is 1. The molecular formula is C12H17N3O4. The van der Waals surface area contributed by atoms with Gasteiger partial charge in [0.05, 0.1) is 17.9 Å². The van der Waals surface area contributed by atoms with Gasteiger partial charge in [0.2, 0.25) is 5.91 Å². The molecule has 0 bridgehead atoms. The van der Waals surface area contributed by atoms with E-state index in [1.165, 1.54) is 17.1 Å². The summed E-state index contributed by atoms with van der Waals surface area (Å²) < 4.78 is 6.75. The van der Waals surface area contributed by atoms with E-state index in [0.717, 1.165) is 19.4 Å².